The number of hydrogen-bond donors (Lipinski definition) is 0. The Balaban J connectivity index is 1.57. The van der Waals surface area contributed by atoms with E-state index in [1.807, 2.05) is 30.3 Å². The van der Waals surface area contributed by atoms with Gasteiger partial charge in [0.25, 0.3) is 5.89 Å². The highest BCUT2D eigenvalue weighted by Crippen LogP contribution is 2.22. The van der Waals surface area contributed by atoms with Gasteiger partial charge < -0.3 is 13.9 Å². The van der Waals surface area contributed by atoms with E-state index >= 15 is 0 Å². The van der Waals surface area contributed by atoms with Gasteiger partial charge in [-0.3, -0.25) is 0 Å². The molecule has 8 heteroatoms. The van der Waals surface area contributed by atoms with Crippen molar-refractivity contribution in [2.24, 2.45) is 0 Å². The Bertz CT molecular complexity index is 940. The minimum absolute atomic E-state index is 0.0361. The Morgan fingerprint density at radius 3 is 2.46 bits per heavy atom. The van der Waals surface area contributed by atoms with Gasteiger partial charge in [-0.1, -0.05) is 30.3 Å². The topological polar surface area (TPSA) is 74.5 Å². The number of ether oxygens (including phenoxy) is 2. The first-order chi connectivity index (χ1) is 13.5. The fraction of sp³-hybridized carbons (Fsp3) is 0.150. The first-order valence-electron chi connectivity index (χ1n) is 8.33. The molecule has 0 aliphatic carbocycles. The van der Waals surface area contributed by atoms with Crippen LogP contribution in [-0.4, -0.2) is 22.8 Å². The maximum atomic E-state index is 12.1. The van der Waals surface area contributed by atoms with Gasteiger partial charge in [0, 0.05) is 11.6 Å². The van der Waals surface area contributed by atoms with Crippen molar-refractivity contribution in [1.82, 2.24) is 10.2 Å². The monoisotopic (exact) mass is 386 g/mol. The number of aromatic nitrogens is 2. The number of rotatable bonds is 7. The fourth-order valence-electron chi connectivity index (χ4n) is 2.28. The van der Waals surface area contributed by atoms with Crippen LogP contribution in [0.2, 0.25) is 0 Å². The van der Waals surface area contributed by atoms with Crippen molar-refractivity contribution < 1.29 is 27.5 Å². The number of carbonyl (C=O) groups excluding carboxylic acids is 1. The Labute approximate surface area is 159 Å². The second-order valence-electron chi connectivity index (χ2n) is 5.67. The zero-order valence-corrected chi connectivity index (χ0v) is 14.8. The lowest BCUT2D eigenvalue weighted by Gasteiger charge is -2.07. The van der Waals surface area contributed by atoms with Crippen LogP contribution < -0.4 is 4.74 Å². The van der Waals surface area contributed by atoms with Crippen LogP contribution in [-0.2, 0) is 9.53 Å². The molecule has 0 fully saturated rings. The molecule has 1 heterocycles. The summed E-state index contributed by atoms with van der Waals surface area (Å²) >= 11 is 0. The molecule has 28 heavy (non-hydrogen) atoms. The number of halogens is 2. The lowest BCUT2D eigenvalue weighted by atomic mass is 10.2. The fourth-order valence-corrected chi connectivity index (χ4v) is 2.28. The number of nitrogens with zero attached hydrogens (tertiary/aromatic N) is 2. The number of benzene rings is 2. The molecule has 0 aliphatic heterocycles. The van der Waals surface area contributed by atoms with Gasteiger partial charge in [-0.2, -0.15) is 8.78 Å². The van der Waals surface area contributed by atoms with Crippen molar-refractivity contribution in [3.8, 4) is 17.2 Å². The summed E-state index contributed by atoms with van der Waals surface area (Å²) in [5, 5.41) is 7.85. The molecular formula is C20H16F2N2O4. The normalized spacial score (nSPS) is 12.3. The molecule has 3 aromatic rings. The lowest BCUT2D eigenvalue weighted by Crippen LogP contribution is -2.06. The molecule has 0 unspecified atom stereocenters. The van der Waals surface area contributed by atoms with Crippen LogP contribution in [0.3, 0.4) is 0 Å². The maximum absolute atomic E-state index is 12.1. The summed E-state index contributed by atoms with van der Waals surface area (Å²) in [4.78, 5) is 12.0. The highest BCUT2D eigenvalue weighted by atomic mass is 19.3. The zero-order chi connectivity index (χ0) is 19.9. The van der Waals surface area contributed by atoms with Gasteiger partial charge >= 0.3 is 12.6 Å². The minimum atomic E-state index is -2.88. The van der Waals surface area contributed by atoms with E-state index in [-0.39, 0.29) is 11.6 Å². The largest absolute Gasteiger partial charge is 0.449 e. The molecule has 6 nitrogen and oxygen atoms in total. The molecule has 0 N–H and O–H groups in total. The Morgan fingerprint density at radius 1 is 1.07 bits per heavy atom. The van der Waals surface area contributed by atoms with Crippen LogP contribution >= 0.6 is 0 Å². The average Bonchev–Trinajstić information content (AvgIpc) is 3.18. The maximum Gasteiger partial charge on any atom is 0.387 e. The number of hydrogen-bond acceptors (Lipinski definition) is 6. The van der Waals surface area contributed by atoms with Crippen LogP contribution in [0.15, 0.2) is 65.1 Å². The first kappa shape index (κ1) is 19.2. The van der Waals surface area contributed by atoms with Gasteiger partial charge in [-0.05, 0) is 42.8 Å². The molecule has 0 spiro atoms. The second-order valence-corrected chi connectivity index (χ2v) is 5.67. The van der Waals surface area contributed by atoms with Crippen molar-refractivity contribution in [3.63, 3.8) is 0 Å². The summed E-state index contributed by atoms with van der Waals surface area (Å²) in [5.41, 5.74) is 1.38. The van der Waals surface area contributed by atoms with Gasteiger partial charge in [-0.15, -0.1) is 10.2 Å². The molecule has 0 bridgehead atoms. The molecule has 0 aliphatic rings. The third-order valence-corrected chi connectivity index (χ3v) is 3.62. The van der Waals surface area contributed by atoms with E-state index in [4.69, 9.17) is 9.15 Å². The summed E-state index contributed by atoms with van der Waals surface area (Å²) in [6, 6.07) is 15.1. The zero-order valence-electron chi connectivity index (χ0n) is 14.8. The van der Waals surface area contributed by atoms with Crippen molar-refractivity contribution in [2.75, 3.05) is 0 Å². The van der Waals surface area contributed by atoms with Crippen LogP contribution in [0, 0.1) is 0 Å². The third-order valence-electron chi connectivity index (χ3n) is 3.62. The Kier molecular flexibility index (Phi) is 6.11. The first-order valence-corrected chi connectivity index (χ1v) is 8.33. The molecular weight excluding hydrogens is 370 g/mol. The van der Waals surface area contributed by atoms with Gasteiger partial charge in [0.1, 0.15) is 5.75 Å². The Hall–Kier alpha value is -3.55. The number of carbonyl (C=O) groups is 1. The van der Waals surface area contributed by atoms with E-state index in [1.165, 1.54) is 36.4 Å². The SMILES string of the molecule is C[C@@H](OC(=O)/C=C/c1ccc(OC(F)F)cc1)c1nnc(-c2ccccc2)o1. The molecule has 144 valence electrons. The summed E-state index contributed by atoms with van der Waals surface area (Å²) in [7, 11) is 0. The van der Waals surface area contributed by atoms with Crippen LogP contribution in [0.5, 0.6) is 5.75 Å². The molecule has 0 saturated heterocycles. The highest BCUT2D eigenvalue weighted by molar-refractivity contribution is 5.87. The van der Waals surface area contributed by atoms with Crippen LogP contribution in [0.4, 0.5) is 8.78 Å². The molecule has 0 radical (unpaired) electrons. The second kappa shape index (κ2) is 8.90. The molecule has 0 saturated carbocycles. The molecule has 0 amide bonds. The highest BCUT2D eigenvalue weighted by Gasteiger charge is 2.18. The smallest absolute Gasteiger partial charge is 0.387 e. The number of esters is 1. The van der Waals surface area contributed by atoms with Crippen LogP contribution in [0.25, 0.3) is 17.5 Å². The van der Waals surface area contributed by atoms with E-state index < -0.39 is 18.7 Å². The van der Waals surface area contributed by atoms with E-state index in [9.17, 15) is 13.6 Å². The standard InChI is InChI=1S/C20H16F2N2O4/c1-13(18-23-24-19(28-18)15-5-3-2-4-6-15)26-17(25)12-9-14-7-10-16(11-8-14)27-20(21)22/h2-13,20H,1H3/b12-9+/t13-/m1/s1. The lowest BCUT2D eigenvalue weighted by molar-refractivity contribution is -0.143. The quantitative estimate of drug-likeness (QED) is 0.434. The van der Waals surface area contributed by atoms with Crippen molar-refractivity contribution in [1.29, 1.82) is 0 Å². The molecule has 1 aromatic heterocycles. The van der Waals surface area contributed by atoms with Crippen molar-refractivity contribution in [3.05, 3.63) is 72.1 Å². The third kappa shape index (κ3) is 5.23. The summed E-state index contributed by atoms with van der Waals surface area (Å²) in [6.45, 7) is -1.27. The molecule has 3 rings (SSSR count). The van der Waals surface area contributed by atoms with Gasteiger partial charge in [0.05, 0.1) is 0 Å². The molecule has 1 atom stereocenters. The van der Waals surface area contributed by atoms with Crippen LogP contribution in [0.1, 0.15) is 24.5 Å². The predicted octanol–water partition coefficient (Wildman–Crippen LogP) is 4.66. The Morgan fingerprint density at radius 2 is 1.79 bits per heavy atom. The molecule has 2 aromatic carbocycles. The minimum Gasteiger partial charge on any atom is -0.449 e. The predicted molar refractivity (Wildman–Crippen MR) is 96.3 cm³/mol. The van der Waals surface area contributed by atoms with E-state index in [1.54, 1.807) is 6.92 Å². The number of alkyl halides is 2. The average molecular weight is 386 g/mol. The summed E-state index contributed by atoms with van der Waals surface area (Å²) in [5.74, 6) is -0.0666. The van der Waals surface area contributed by atoms with E-state index in [0.717, 1.165) is 5.56 Å². The van der Waals surface area contributed by atoms with E-state index in [2.05, 4.69) is 14.9 Å². The van der Waals surface area contributed by atoms with Gasteiger partial charge in [0.15, 0.2) is 6.10 Å². The van der Waals surface area contributed by atoms with E-state index in [0.29, 0.717) is 11.5 Å². The summed E-state index contributed by atoms with van der Waals surface area (Å²) < 4.78 is 39.3. The van der Waals surface area contributed by atoms with Gasteiger partial charge in [-0.25, -0.2) is 4.79 Å². The van der Waals surface area contributed by atoms with Gasteiger partial charge in [0.2, 0.25) is 5.89 Å². The van der Waals surface area contributed by atoms with Crippen molar-refractivity contribution >= 4 is 12.0 Å². The van der Waals surface area contributed by atoms with Crippen molar-refractivity contribution in [2.45, 2.75) is 19.6 Å². The summed E-state index contributed by atoms with van der Waals surface area (Å²) in [6.07, 6.45) is 1.97.